The zero-order valence-corrected chi connectivity index (χ0v) is 12.9. The fourth-order valence-corrected chi connectivity index (χ4v) is 4.31. The standard InChI is InChI=1S/C10H10Br2N2O2S/c1-3-4-14(2)17(15,16)10-8(12)5-7(11)6-9(10)13/h1,5-6H,4,13H2,2H3. The van der Waals surface area contributed by atoms with E-state index in [9.17, 15) is 8.42 Å². The van der Waals surface area contributed by atoms with E-state index in [1.165, 1.54) is 13.1 Å². The number of nitrogens with zero attached hydrogens (tertiary/aromatic N) is 1. The zero-order valence-electron chi connectivity index (χ0n) is 8.94. The first-order valence-corrected chi connectivity index (χ1v) is 7.47. The fourth-order valence-electron chi connectivity index (χ4n) is 1.22. The Morgan fingerprint density at radius 1 is 1.47 bits per heavy atom. The number of terminal acetylenes is 1. The molecule has 0 bridgehead atoms. The Labute approximate surface area is 117 Å². The molecule has 0 aromatic heterocycles. The average Bonchev–Trinajstić information content (AvgIpc) is 2.15. The molecule has 0 atom stereocenters. The molecule has 0 aliphatic rings. The summed E-state index contributed by atoms with van der Waals surface area (Å²) in [5, 5.41) is 0. The van der Waals surface area contributed by atoms with Crippen molar-refractivity contribution in [1.29, 1.82) is 0 Å². The summed E-state index contributed by atoms with van der Waals surface area (Å²) in [7, 11) is -2.28. The van der Waals surface area contributed by atoms with Crippen molar-refractivity contribution in [3.63, 3.8) is 0 Å². The number of hydrogen-bond donors (Lipinski definition) is 1. The molecular formula is C10H10Br2N2O2S. The maximum absolute atomic E-state index is 12.2. The maximum atomic E-state index is 12.2. The molecule has 1 aromatic rings. The molecule has 4 nitrogen and oxygen atoms in total. The number of benzene rings is 1. The van der Waals surface area contributed by atoms with Gasteiger partial charge in [-0.2, -0.15) is 4.31 Å². The molecule has 2 N–H and O–H groups in total. The van der Waals surface area contributed by atoms with Gasteiger partial charge in [-0.15, -0.1) is 6.42 Å². The van der Waals surface area contributed by atoms with Crippen LogP contribution in [0.3, 0.4) is 0 Å². The van der Waals surface area contributed by atoms with Crippen LogP contribution in [0.2, 0.25) is 0 Å². The number of nitrogen functional groups attached to an aromatic ring is 1. The maximum Gasteiger partial charge on any atom is 0.246 e. The number of halogens is 2. The third-order valence-corrected chi connectivity index (χ3v) is 5.29. The molecule has 17 heavy (non-hydrogen) atoms. The second kappa shape index (κ2) is 5.40. The van der Waals surface area contributed by atoms with Crippen molar-refractivity contribution in [3.05, 3.63) is 21.1 Å². The van der Waals surface area contributed by atoms with E-state index in [1.807, 2.05) is 0 Å². The summed E-state index contributed by atoms with van der Waals surface area (Å²) in [6.07, 6.45) is 5.10. The van der Waals surface area contributed by atoms with Crippen LogP contribution < -0.4 is 5.73 Å². The minimum Gasteiger partial charge on any atom is -0.398 e. The normalized spacial score (nSPS) is 11.5. The van der Waals surface area contributed by atoms with E-state index in [2.05, 4.69) is 37.8 Å². The van der Waals surface area contributed by atoms with Gasteiger partial charge in [0, 0.05) is 16.0 Å². The number of sulfonamides is 1. The molecule has 0 spiro atoms. The molecule has 0 heterocycles. The minimum absolute atomic E-state index is 0.00965. The van der Waals surface area contributed by atoms with E-state index in [4.69, 9.17) is 12.2 Å². The van der Waals surface area contributed by atoms with Gasteiger partial charge in [-0.1, -0.05) is 21.9 Å². The second-order valence-electron chi connectivity index (χ2n) is 3.27. The second-order valence-corrected chi connectivity index (χ2v) is 7.02. The third kappa shape index (κ3) is 3.01. The number of nitrogens with two attached hydrogens (primary N) is 1. The fraction of sp³-hybridized carbons (Fsp3) is 0.200. The molecular weight excluding hydrogens is 372 g/mol. The summed E-state index contributed by atoms with van der Waals surface area (Å²) in [4.78, 5) is 0.0263. The highest BCUT2D eigenvalue weighted by Gasteiger charge is 2.25. The average molecular weight is 382 g/mol. The predicted octanol–water partition coefficient (Wildman–Crippen LogP) is 2.05. The van der Waals surface area contributed by atoms with Crippen LogP contribution in [0, 0.1) is 12.3 Å². The van der Waals surface area contributed by atoms with Crippen molar-refractivity contribution in [3.8, 4) is 12.3 Å². The molecule has 0 aliphatic carbocycles. The smallest absolute Gasteiger partial charge is 0.246 e. The third-order valence-electron chi connectivity index (χ3n) is 2.02. The van der Waals surface area contributed by atoms with Crippen molar-refractivity contribution >= 4 is 47.6 Å². The largest absolute Gasteiger partial charge is 0.398 e. The summed E-state index contributed by atoms with van der Waals surface area (Å²) in [6, 6.07) is 3.15. The van der Waals surface area contributed by atoms with Gasteiger partial charge in [-0.05, 0) is 28.1 Å². The highest BCUT2D eigenvalue weighted by Crippen LogP contribution is 2.33. The lowest BCUT2D eigenvalue weighted by molar-refractivity contribution is 0.503. The van der Waals surface area contributed by atoms with Crippen molar-refractivity contribution < 1.29 is 8.42 Å². The van der Waals surface area contributed by atoms with Crippen molar-refractivity contribution in [1.82, 2.24) is 4.31 Å². The summed E-state index contributed by atoms with van der Waals surface area (Å²) in [5.41, 5.74) is 5.89. The van der Waals surface area contributed by atoms with Crippen LogP contribution in [0.25, 0.3) is 0 Å². The highest BCUT2D eigenvalue weighted by molar-refractivity contribution is 9.11. The van der Waals surface area contributed by atoms with Gasteiger partial charge in [-0.25, -0.2) is 8.42 Å². The van der Waals surface area contributed by atoms with Crippen molar-refractivity contribution in [2.75, 3.05) is 19.3 Å². The SMILES string of the molecule is C#CCN(C)S(=O)(=O)c1c(N)cc(Br)cc1Br. The summed E-state index contributed by atoms with van der Waals surface area (Å²) >= 11 is 6.42. The van der Waals surface area contributed by atoms with Crippen LogP contribution >= 0.6 is 31.9 Å². The van der Waals surface area contributed by atoms with Gasteiger partial charge in [0.2, 0.25) is 10.0 Å². The quantitative estimate of drug-likeness (QED) is 0.643. The molecule has 0 saturated carbocycles. The van der Waals surface area contributed by atoms with Gasteiger partial charge in [0.15, 0.2) is 0 Å². The molecule has 0 saturated heterocycles. The Kier molecular flexibility index (Phi) is 4.61. The molecule has 1 rings (SSSR count). The van der Waals surface area contributed by atoms with Crippen LogP contribution in [0.4, 0.5) is 5.69 Å². The van der Waals surface area contributed by atoms with Crippen LogP contribution in [-0.4, -0.2) is 26.3 Å². The van der Waals surface area contributed by atoms with Gasteiger partial charge in [-0.3, -0.25) is 0 Å². The van der Waals surface area contributed by atoms with Gasteiger partial charge in [0.1, 0.15) is 4.90 Å². The van der Waals surface area contributed by atoms with Crippen LogP contribution in [0.5, 0.6) is 0 Å². The summed E-state index contributed by atoms with van der Waals surface area (Å²) < 4.78 is 26.5. The van der Waals surface area contributed by atoms with E-state index in [-0.39, 0.29) is 17.1 Å². The number of rotatable bonds is 3. The first-order valence-electron chi connectivity index (χ1n) is 4.45. The first kappa shape index (κ1) is 14.5. The van der Waals surface area contributed by atoms with E-state index in [0.717, 1.165) is 4.31 Å². The Hall–Kier alpha value is -0.550. The lowest BCUT2D eigenvalue weighted by Gasteiger charge is -2.17. The van der Waals surface area contributed by atoms with E-state index in [1.54, 1.807) is 6.07 Å². The van der Waals surface area contributed by atoms with Crippen LogP contribution in [-0.2, 0) is 10.0 Å². The van der Waals surface area contributed by atoms with Gasteiger partial charge in [0.25, 0.3) is 0 Å². The van der Waals surface area contributed by atoms with Gasteiger partial charge < -0.3 is 5.73 Å². The zero-order chi connectivity index (χ0) is 13.2. The summed E-state index contributed by atoms with van der Waals surface area (Å²) in [5.74, 6) is 2.28. The van der Waals surface area contributed by atoms with Crippen LogP contribution in [0.15, 0.2) is 26.0 Å². The predicted molar refractivity (Wildman–Crippen MR) is 74.9 cm³/mol. The van der Waals surface area contributed by atoms with E-state index < -0.39 is 10.0 Å². The lowest BCUT2D eigenvalue weighted by atomic mass is 10.3. The van der Waals surface area contributed by atoms with Gasteiger partial charge in [0.05, 0.1) is 12.2 Å². The first-order chi connectivity index (χ1) is 7.80. The van der Waals surface area contributed by atoms with Gasteiger partial charge >= 0.3 is 0 Å². The molecule has 0 unspecified atom stereocenters. The number of hydrogen-bond acceptors (Lipinski definition) is 3. The molecule has 0 aliphatic heterocycles. The Balaban J connectivity index is 3.40. The highest BCUT2D eigenvalue weighted by atomic mass is 79.9. The molecule has 1 aromatic carbocycles. The summed E-state index contributed by atoms with van der Waals surface area (Å²) in [6.45, 7) is -0.00965. The molecule has 0 fully saturated rings. The Morgan fingerprint density at radius 3 is 2.53 bits per heavy atom. The van der Waals surface area contributed by atoms with Crippen molar-refractivity contribution in [2.45, 2.75) is 4.90 Å². The minimum atomic E-state index is -3.68. The monoisotopic (exact) mass is 380 g/mol. The van der Waals surface area contributed by atoms with E-state index >= 15 is 0 Å². The lowest BCUT2D eigenvalue weighted by Crippen LogP contribution is -2.28. The van der Waals surface area contributed by atoms with E-state index in [0.29, 0.717) is 8.95 Å². The molecule has 0 amide bonds. The van der Waals surface area contributed by atoms with Crippen LogP contribution in [0.1, 0.15) is 0 Å². The molecule has 92 valence electrons. The van der Waals surface area contributed by atoms with Crippen molar-refractivity contribution in [2.24, 2.45) is 0 Å². The molecule has 0 radical (unpaired) electrons. The Bertz CT molecular complexity index is 555. The Morgan fingerprint density at radius 2 is 2.06 bits per heavy atom. The molecule has 7 heteroatoms. The number of anilines is 1. The topological polar surface area (TPSA) is 63.4 Å².